The molecule has 2 fully saturated rings. The fourth-order valence-corrected chi connectivity index (χ4v) is 4.27. The molecule has 0 N–H and O–H groups in total. The first kappa shape index (κ1) is 18.0. The van der Waals surface area contributed by atoms with Crippen molar-refractivity contribution in [2.75, 3.05) is 0 Å². The average molecular weight is 347 g/mol. The Bertz CT molecular complexity index is 660. The Balaban J connectivity index is 1.76. The predicted octanol–water partition coefficient (Wildman–Crippen LogP) is 3.48. The minimum absolute atomic E-state index is 0.0307. The van der Waals surface area contributed by atoms with Crippen LogP contribution in [0.5, 0.6) is 0 Å². The highest BCUT2D eigenvalue weighted by molar-refractivity contribution is 5.98. The van der Waals surface area contributed by atoms with Gasteiger partial charge in [-0.25, -0.2) is 4.79 Å². The highest BCUT2D eigenvalue weighted by atomic mass is 16.6. The minimum Gasteiger partial charge on any atom is -0.444 e. The van der Waals surface area contributed by atoms with Gasteiger partial charge in [0.2, 0.25) is 0 Å². The van der Waals surface area contributed by atoms with Gasteiger partial charge in [-0.15, -0.1) is 0 Å². The van der Waals surface area contributed by atoms with Crippen molar-refractivity contribution in [2.24, 2.45) is 13.0 Å². The summed E-state index contributed by atoms with van der Waals surface area (Å²) < 4.78 is 7.30. The average Bonchev–Trinajstić information content (AvgIpc) is 2.82. The normalized spacial score (nSPS) is 26.4. The number of rotatable bonds is 2. The van der Waals surface area contributed by atoms with Crippen molar-refractivity contribution in [2.45, 2.75) is 77.5 Å². The van der Waals surface area contributed by atoms with Crippen molar-refractivity contribution < 1.29 is 14.3 Å². The molecule has 138 valence electrons. The first-order valence-corrected chi connectivity index (χ1v) is 9.21. The highest BCUT2D eigenvalue weighted by Crippen LogP contribution is 2.39. The van der Waals surface area contributed by atoms with E-state index in [1.807, 2.05) is 45.8 Å². The highest BCUT2D eigenvalue weighted by Gasteiger charge is 2.44. The van der Waals surface area contributed by atoms with Crippen LogP contribution in [0.4, 0.5) is 4.79 Å². The lowest BCUT2D eigenvalue weighted by molar-refractivity contribution is -0.0260. The smallest absolute Gasteiger partial charge is 0.410 e. The Kier molecular flexibility index (Phi) is 4.64. The van der Waals surface area contributed by atoms with Gasteiger partial charge in [-0.2, -0.15) is 5.10 Å². The summed E-state index contributed by atoms with van der Waals surface area (Å²) in [6.07, 6.45) is 6.04. The Morgan fingerprint density at radius 1 is 1.20 bits per heavy atom. The SMILES string of the molecule is Cc1nn(C)cc1C(=O)C1CC2CCCC(C1)N2C(=O)OC(C)(C)C. The number of amides is 1. The van der Waals surface area contributed by atoms with E-state index >= 15 is 0 Å². The number of ketones is 1. The molecule has 0 aliphatic carbocycles. The number of aryl methyl sites for hydroxylation is 2. The second-order valence-electron chi connectivity index (χ2n) is 8.46. The first-order valence-electron chi connectivity index (χ1n) is 9.21. The van der Waals surface area contributed by atoms with Gasteiger partial charge in [0.05, 0.1) is 11.3 Å². The quantitative estimate of drug-likeness (QED) is 0.768. The summed E-state index contributed by atoms with van der Waals surface area (Å²) in [6, 6.07) is 0.210. The van der Waals surface area contributed by atoms with E-state index in [1.165, 1.54) is 0 Å². The molecule has 0 aromatic carbocycles. The van der Waals surface area contributed by atoms with Crippen molar-refractivity contribution in [1.82, 2.24) is 14.7 Å². The molecular formula is C19H29N3O3. The third kappa shape index (κ3) is 3.72. The lowest BCUT2D eigenvalue weighted by atomic mass is 9.76. The zero-order valence-electron chi connectivity index (χ0n) is 15.9. The maximum absolute atomic E-state index is 13.0. The van der Waals surface area contributed by atoms with Gasteiger partial charge in [-0.1, -0.05) is 0 Å². The van der Waals surface area contributed by atoms with Gasteiger partial charge in [0.25, 0.3) is 0 Å². The minimum atomic E-state index is -0.495. The number of piperidine rings is 2. The van der Waals surface area contributed by atoms with E-state index in [0.29, 0.717) is 0 Å². The number of hydrogen-bond acceptors (Lipinski definition) is 4. The molecule has 1 amide bonds. The third-order valence-corrected chi connectivity index (χ3v) is 5.23. The van der Waals surface area contributed by atoms with E-state index in [-0.39, 0.29) is 29.9 Å². The Labute approximate surface area is 149 Å². The van der Waals surface area contributed by atoms with Gasteiger partial charge in [0.1, 0.15) is 5.60 Å². The maximum atomic E-state index is 13.0. The molecule has 0 radical (unpaired) electrons. The zero-order chi connectivity index (χ0) is 18.4. The molecular weight excluding hydrogens is 318 g/mol. The predicted molar refractivity (Wildman–Crippen MR) is 94.5 cm³/mol. The molecule has 1 aromatic heterocycles. The molecule has 0 spiro atoms. The number of fused-ring (bicyclic) bond motifs is 2. The summed E-state index contributed by atoms with van der Waals surface area (Å²) in [5.41, 5.74) is 1.01. The second kappa shape index (κ2) is 6.46. The fraction of sp³-hybridized carbons (Fsp3) is 0.737. The van der Waals surface area contributed by atoms with Crippen molar-refractivity contribution in [3.05, 3.63) is 17.5 Å². The van der Waals surface area contributed by atoms with Crippen LogP contribution in [0.15, 0.2) is 6.20 Å². The van der Waals surface area contributed by atoms with Gasteiger partial charge >= 0.3 is 6.09 Å². The van der Waals surface area contributed by atoms with Crippen LogP contribution < -0.4 is 0 Å². The molecule has 3 rings (SSSR count). The van der Waals surface area contributed by atoms with E-state index in [9.17, 15) is 9.59 Å². The van der Waals surface area contributed by atoms with Crippen LogP contribution in [0.1, 0.15) is 68.9 Å². The van der Waals surface area contributed by atoms with Crippen molar-refractivity contribution >= 4 is 11.9 Å². The Morgan fingerprint density at radius 3 is 2.28 bits per heavy atom. The van der Waals surface area contributed by atoms with Crippen LogP contribution in [-0.4, -0.2) is 44.2 Å². The van der Waals surface area contributed by atoms with Crippen molar-refractivity contribution in [3.63, 3.8) is 0 Å². The Hall–Kier alpha value is -1.85. The molecule has 6 heteroatoms. The van der Waals surface area contributed by atoms with Crippen molar-refractivity contribution in [1.29, 1.82) is 0 Å². The molecule has 2 bridgehead atoms. The first-order chi connectivity index (χ1) is 11.7. The fourth-order valence-electron chi connectivity index (χ4n) is 4.27. The monoisotopic (exact) mass is 347 g/mol. The van der Waals surface area contributed by atoms with E-state index in [2.05, 4.69) is 5.10 Å². The number of carbonyl (C=O) groups excluding carboxylic acids is 2. The van der Waals surface area contributed by atoms with Gasteiger partial charge in [0, 0.05) is 31.2 Å². The van der Waals surface area contributed by atoms with Crippen LogP contribution in [0, 0.1) is 12.8 Å². The van der Waals surface area contributed by atoms with Gasteiger partial charge in [-0.05, 0) is 59.8 Å². The van der Waals surface area contributed by atoms with Crippen LogP contribution in [0.25, 0.3) is 0 Å². The molecule has 25 heavy (non-hydrogen) atoms. The topological polar surface area (TPSA) is 64.4 Å². The van der Waals surface area contributed by atoms with Gasteiger partial charge in [-0.3, -0.25) is 9.48 Å². The second-order valence-corrected chi connectivity index (χ2v) is 8.46. The van der Waals surface area contributed by atoms with Gasteiger partial charge < -0.3 is 9.64 Å². The molecule has 2 atom stereocenters. The van der Waals surface area contributed by atoms with Gasteiger partial charge in [0.15, 0.2) is 5.78 Å². The molecule has 3 heterocycles. The molecule has 2 aliphatic heterocycles. The van der Waals surface area contributed by atoms with E-state index < -0.39 is 5.60 Å². The standard InChI is InChI=1S/C19H29N3O3/c1-12-16(11-21(5)20-12)17(23)13-9-14-7-6-8-15(10-13)22(14)18(24)25-19(2,3)4/h11,13-15H,6-10H2,1-5H3. The summed E-state index contributed by atoms with van der Waals surface area (Å²) in [5.74, 6) is 0.142. The van der Waals surface area contributed by atoms with E-state index in [0.717, 1.165) is 43.4 Å². The van der Waals surface area contributed by atoms with E-state index in [1.54, 1.807) is 4.68 Å². The molecule has 0 saturated carbocycles. The number of Topliss-reactive ketones (excluding diaryl/α,β-unsaturated/α-hetero) is 1. The van der Waals surface area contributed by atoms with Crippen molar-refractivity contribution in [3.8, 4) is 0 Å². The van der Waals surface area contributed by atoms with Crippen LogP contribution in [-0.2, 0) is 11.8 Å². The lowest BCUT2D eigenvalue weighted by Crippen LogP contribution is -2.56. The lowest BCUT2D eigenvalue weighted by Gasteiger charge is -2.48. The summed E-state index contributed by atoms with van der Waals surface area (Å²) in [6.45, 7) is 7.55. The van der Waals surface area contributed by atoms with Crippen LogP contribution >= 0.6 is 0 Å². The molecule has 2 aliphatic rings. The Morgan fingerprint density at radius 2 is 1.80 bits per heavy atom. The van der Waals surface area contributed by atoms with Crippen LogP contribution in [0.3, 0.4) is 0 Å². The molecule has 2 unspecified atom stereocenters. The number of ether oxygens (including phenoxy) is 1. The summed E-state index contributed by atoms with van der Waals surface area (Å²) in [4.78, 5) is 27.5. The number of hydrogen-bond donors (Lipinski definition) is 0. The molecule has 1 aromatic rings. The maximum Gasteiger partial charge on any atom is 0.410 e. The summed E-state index contributed by atoms with van der Waals surface area (Å²) in [5, 5.41) is 4.29. The molecule has 2 saturated heterocycles. The molecule has 6 nitrogen and oxygen atoms in total. The third-order valence-electron chi connectivity index (χ3n) is 5.23. The summed E-state index contributed by atoms with van der Waals surface area (Å²) in [7, 11) is 1.84. The number of aromatic nitrogens is 2. The van der Waals surface area contributed by atoms with Crippen LogP contribution in [0.2, 0.25) is 0 Å². The van der Waals surface area contributed by atoms with E-state index in [4.69, 9.17) is 4.74 Å². The number of carbonyl (C=O) groups is 2. The zero-order valence-corrected chi connectivity index (χ0v) is 15.9. The number of nitrogens with zero attached hydrogens (tertiary/aromatic N) is 3. The largest absolute Gasteiger partial charge is 0.444 e. The summed E-state index contributed by atoms with van der Waals surface area (Å²) >= 11 is 0.